The highest BCUT2D eigenvalue weighted by Crippen LogP contribution is 2.09. The van der Waals surface area contributed by atoms with Crippen molar-refractivity contribution in [1.29, 1.82) is 0 Å². The molecule has 0 unspecified atom stereocenters. The number of carbonyl (C=O) groups is 6. The predicted octanol–water partition coefficient (Wildman–Crippen LogP) is -4.05. The summed E-state index contributed by atoms with van der Waals surface area (Å²) < 4.78 is 0. The number of amides is 5. The summed E-state index contributed by atoms with van der Waals surface area (Å²) in [5.74, 6) is -6.36. The molecular weight excluding hydrogens is 512 g/mol. The molecule has 0 spiro atoms. The highest BCUT2D eigenvalue weighted by atomic mass is 32.1. The molecule has 0 aliphatic rings. The summed E-state index contributed by atoms with van der Waals surface area (Å²) in [6, 6.07) is -6.89. The van der Waals surface area contributed by atoms with Gasteiger partial charge in [-0.3, -0.25) is 24.0 Å². The van der Waals surface area contributed by atoms with Gasteiger partial charge in [-0.1, -0.05) is 20.3 Å². The SMILES string of the molecule is CC[C@H](C)[C@H](NC(=O)[C@@H](N)CCC(N)=O)C(=O)N[C@@H](CO)C(=O)N[C@H](C(=O)N[C@@H](CS)C(=O)O)[C@@H](C)O. The van der Waals surface area contributed by atoms with Crippen molar-refractivity contribution in [2.45, 2.75) is 76.3 Å². The smallest absolute Gasteiger partial charge is 0.327 e. The van der Waals surface area contributed by atoms with Crippen LogP contribution in [0.15, 0.2) is 0 Å². The van der Waals surface area contributed by atoms with Crippen molar-refractivity contribution in [2.75, 3.05) is 12.4 Å². The van der Waals surface area contributed by atoms with E-state index in [9.17, 15) is 39.0 Å². The Balaban J connectivity index is 5.48. The van der Waals surface area contributed by atoms with Crippen molar-refractivity contribution in [3.63, 3.8) is 0 Å². The topological polar surface area (TPSA) is 263 Å². The summed E-state index contributed by atoms with van der Waals surface area (Å²) in [6.45, 7) is 3.67. The number of nitrogens with one attached hydrogen (secondary N) is 4. The van der Waals surface area contributed by atoms with Crippen LogP contribution in [0.3, 0.4) is 0 Å². The number of primary amides is 1. The van der Waals surface area contributed by atoms with Gasteiger partial charge in [-0.25, -0.2) is 4.79 Å². The Kier molecular flexibility index (Phi) is 15.4. The highest BCUT2D eigenvalue weighted by molar-refractivity contribution is 7.80. The van der Waals surface area contributed by atoms with Crippen LogP contribution in [-0.4, -0.2) is 99.5 Å². The van der Waals surface area contributed by atoms with E-state index in [-0.39, 0.29) is 18.6 Å². The predicted molar refractivity (Wildman–Crippen MR) is 134 cm³/mol. The molecule has 7 atom stereocenters. The van der Waals surface area contributed by atoms with Gasteiger partial charge in [0.15, 0.2) is 0 Å². The zero-order chi connectivity index (χ0) is 28.9. The van der Waals surface area contributed by atoms with E-state index in [1.54, 1.807) is 13.8 Å². The summed E-state index contributed by atoms with van der Waals surface area (Å²) in [4.78, 5) is 72.5. The minimum atomic E-state index is -1.62. The molecule has 0 aliphatic carbocycles. The molecule has 0 aliphatic heterocycles. The van der Waals surface area contributed by atoms with Crippen molar-refractivity contribution in [2.24, 2.45) is 17.4 Å². The van der Waals surface area contributed by atoms with Crippen LogP contribution in [0.1, 0.15) is 40.0 Å². The van der Waals surface area contributed by atoms with Gasteiger partial charge in [-0.05, 0) is 19.3 Å². The third-order valence-corrected chi connectivity index (χ3v) is 5.87. The number of thiol groups is 1. The number of rotatable bonds is 17. The fraction of sp³-hybridized carbons (Fsp3) is 0.714. The monoisotopic (exact) mass is 550 g/mol. The standard InChI is InChI=1S/C21H38N6O9S/c1-4-9(2)15(26-17(31)11(22)5-6-14(23)30)19(33)24-12(7-28)18(32)27-16(10(3)29)20(34)25-13(8-37)21(35)36/h9-13,15-16,28-29,37H,4-8,22H2,1-3H3,(H2,23,30)(H,24,33)(H,25,34)(H,26,31)(H,27,32)(H,35,36)/t9-,10+,11-,12-,13-,15-,16-/m0/s1. The Morgan fingerprint density at radius 2 is 1.38 bits per heavy atom. The van der Waals surface area contributed by atoms with Gasteiger partial charge in [0.2, 0.25) is 29.5 Å². The van der Waals surface area contributed by atoms with Gasteiger partial charge >= 0.3 is 5.97 Å². The molecule has 0 radical (unpaired) electrons. The summed E-state index contributed by atoms with van der Waals surface area (Å²) in [7, 11) is 0. The number of hydrogen-bond acceptors (Lipinski definition) is 10. The maximum atomic E-state index is 12.9. The largest absolute Gasteiger partial charge is 0.480 e. The Morgan fingerprint density at radius 3 is 1.81 bits per heavy atom. The lowest BCUT2D eigenvalue weighted by Crippen LogP contribution is -2.62. The van der Waals surface area contributed by atoms with Crippen LogP contribution in [0.25, 0.3) is 0 Å². The van der Waals surface area contributed by atoms with E-state index in [0.717, 1.165) is 0 Å². The fourth-order valence-electron chi connectivity index (χ4n) is 2.95. The fourth-order valence-corrected chi connectivity index (χ4v) is 3.20. The van der Waals surface area contributed by atoms with Crippen LogP contribution in [0.4, 0.5) is 0 Å². The van der Waals surface area contributed by atoms with E-state index in [1.807, 2.05) is 0 Å². The quantitative estimate of drug-likeness (QED) is 0.0783. The van der Waals surface area contributed by atoms with Gasteiger partial charge in [-0.15, -0.1) is 0 Å². The van der Waals surface area contributed by atoms with E-state index in [2.05, 4.69) is 33.9 Å². The van der Waals surface area contributed by atoms with Gasteiger partial charge in [0.1, 0.15) is 24.2 Å². The van der Waals surface area contributed by atoms with Crippen molar-refractivity contribution in [3.05, 3.63) is 0 Å². The number of carboxylic acid groups (broad SMARTS) is 1. The minimum Gasteiger partial charge on any atom is -0.480 e. The molecule has 0 aromatic heterocycles. The van der Waals surface area contributed by atoms with Gasteiger partial charge < -0.3 is 48.1 Å². The summed E-state index contributed by atoms with van der Waals surface area (Å²) >= 11 is 3.82. The summed E-state index contributed by atoms with van der Waals surface area (Å²) in [5.41, 5.74) is 10.8. The first-order chi connectivity index (χ1) is 17.2. The van der Waals surface area contributed by atoms with Gasteiger partial charge in [-0.2, -0.15) is 12.6 Å². The van der Waals surface area contributed by atoms with E-state index in [1.165, 1.54) is 6.92 Å². The van der Waals surface area contributed by atoms with Crippen LogP contribution in [0.2, 0.25) is 0 Å². The number of aliphatic hydroxyl groups excluding tert-OH is 2. The maximum Gasteiger partial charge on any atom is 0.327 e. The van der Waals surface area contributed by atoms with Crippen LogP contribution >= 0.6 is 12.6 Å². The van der Waals surface area contributed by atoms with E-state index in [4.69, 9.17) is 16.6 Å². The molecule has 0 heterocycles. The number of aliphatic carboxylic acids is 1. The van der Waals surface area contributed by atoms with Crippen molar-refractivity contribution < 1.29 is 44.1 Å². The lowest BCUT2D eigenvalue weighted by atomic mass is 9.97. The summed E-state index contributed by atoms with van der Waals surface area (Å²) in [6.07, 6.45) is -1.22. The molecule has 37 heavy (non-hydrogen) atoms. The highest BCUT2D eigenvalue weighted by Gasteiger charge is 2.34. The minimum absolute atomic E-state index is 0.0452. The first kappa shape index (κ1) is 34.0. The second-order valence-electron chi connectivity index (χ2n) is 8.54. The van der Waals surface area contributed by atoms with Crippen LogP contribution in [-0.2, 0) is 28.8 Å². The summed E-state index contributed by atoms with van der Waals surface area (Å²) in [5, 5.41) is 37.7. The number of aliphatic hydroxyl groups is 2. The molecule has 0 rings (SSSR count). The first-order valence-electron chi connectivity index (χ1n) is 11.6. The third kappa shape index (κ3) is 11.8. The normalized spacial score (nSPS) is 16.6. The zero-order valence-electron chi connectivity index (χ0n) is 21.0. The molecule has 16 heteroatoms. The zero-order valence-corrected chi connectivity index (χ0v) is 21.9. The molecule has 0 aromatic rings. The Bertz CT molecular complexity index is 828. The molecule has 11 N–H and O–H groups in total. The van der Waals surface area contributed by atoms with Crippen LogP contribution in [0.5, 0.6) is 0 Å². The van der Waals surface area contributed by atoms with Gasteiger partial charge in [0.05, 0.1) is 18.8 Å². The molecule has 0 aromatic carbocycles. The molecule has 0 saturated carbocycles. The van der Waals surface area contributed by atoms with Gasteiger partial charge in [0, 0.05) is 12.2 Å². The molecule has 0 bridgehead atoms. The lowest BCUT2D eigenvalue weighted by molar-refractivity contribution is -0.142. The Morgan fingerprint density at radius 1 is 0.865 bits per heavy atom. The van der Waals surface area contributed by atoms with E-state index < -0.39 is 84.3 Å². The van der Waals surface area contributed by atoms with Gasteiger partial charge in [0.25, 0.3) is 0 Å². The number of carbonyl (C=O) groups excluding carboxylic acids is 5. The maximum absolute atomic E-state index is 12.9. The third-order valence-electron chi connectivity index (χ3n) is 5.51. The molecule has 212 valence electrons. The number of nitrogens with two attached hydrogens (primary N) is 2. The van der Waals surface area contributed by atoms with E-state index in [0.29, 0.717) is 6.42 Å². The van der Waals surface area contributed by atoms with Crippen molar-refractivity contribution in [1.82, 2.24) is 21.3 Å². The average molecular weight is 551 g/mol. The lowest BCUT2D eigenvalue weighted by Gasteiger charge is -2.28. The van der Waals surface area contributed by atoms with Crippen LogP contribution < -0.4 is 32.7 Å². The number of hydrogen-bond donors (Lipinski definition) is 10. The molecular formula is C21H38N6O9S. The Labute approximate surface area is 219 Å². The molecule has 0 saturated heterocycles. The number of carboxylic acids is 1. The molecule has 15 nitrogen and oxygen atoms in total. The second-order valence-corrected chi connectivity index (χ2v) is 8.90. The van der Waals surface area contributed by atoms with Crippen LogP contribution in [0, 0.1) is 5.92 Å². The van der Waals surface area contributed by atoms with Crippen molar-refractivity contribution in [3.8, 4) is 0 Å². The molecule has 5 amide bonds. The first-order valence-corrected chi connectivity index (χ1v) is 12.2. The Hall–Kier alpha value is -2.95. The second kappa shape index (κ2) is 16.7. The molecule has 0 fully saturated rings. The average Bonchev–Trinajstić information content (AvgIpc) is 2.84. The van der Waals surface area contributed by atoms with Crippen molar-refractivity contribution >= 4 is 48.1 Å². The van der Waals surface area contributed by atoms with E-state index >= 15 is 0 Å².